The van der Waals surface area contributed by atoms with Gasteiger partial charge < -0.3 is 4.74 Å². The molecule has 0 aliphatic heterocycles. The Morgan fingerprint density at radius 3 is 2.36 bits per heavy atom. The topological polar surface area (TPSA) is 80.7 Å². The van der Waals surface area contributed by atoms with Crippen LogP contribution in [0.1, 0.15) is 13.3 Å². The molecule has 1 atom stereocenters. The summed E-state index contributed by atoms with van der Waals surface area (Å²) in [4.78, 5) is 10.7. The fourth-order valence-corrected chi connectivity index (χ4v) is 1.01. The Kier molecular flexibility index (Phi) is 7.91. The summed E-state index contributed by atoms with van der Waals surface area (Å²) in [7, 11) is -3.96. The number of carbonyl (C=O) groups excluding carboxylic acids is 1. The number of hydrogen-bond donors (Lipinski definition) is 1. The molecular formula is C7H15O5PS. The lowest BCUT2D eigenvalue weighted by atomic mass is 10.4. The van der Waals surface area contributed by atoms with Gasteiger partial charge in [-0.15, -0.1) is 0 Å². The van der Waals surface area contributed by atoms with E-state index in [1.807, 2.05) is 0 Å². The summed E-state index contributed by atoms with van der Waals surface area (Å²) in [5, 5.41) is 0. The average Bonchev–Trinajstić information content (AvgIpc) is 1.95. The molecule has 1 unspecified atom stereocenters. The zero-order valence-electron chi connectivity index (χ0n) is 8.02. The molecule has 0 radical (unpaired) electrons. The molecule has 0 spiro atoms. The SMILES string of the molecule is C=C(C)C(=O)OCCCS(=O)(=O)O.P. The smallest absolute Gasteiger partial charge is 0.333 e. The molecule has 0 rings (SSSR count). The maximum Gasteiger partial charge on any atom is 0.333 e. The number of esters is 1. The van der Waals surface area contributed by atoms with Gasteiger partial charge in [0.25, 0.3) is 10.1 Å². The molecule has 0 aliphatic carbocycles. The summed E-state index contributed by atoms with van der Waals surface area (Å²) in [5.74, 6) is -0.966. The van der Waals surface area contributed by atoms with E-state index in [1.54, 1.807) is 0 Å². The highest BCUT2D eigenvalue weighted by Crippen LogP contribution is 1.95. The quantitative estimate of drug-likeness (QED) is 0.249. The second kappa shape index (κ2) is 6.92. The van der Waals surface area contributed by atoms with Crippen molar-refractivity contribution in [3.8, 4) is 0 Å². The lowest BCUT2D eigenvalue weighted by Gasteiger charge is -2.02. The van der Waals surface area contributed by atoms with Crippen molar-refractivity contribution in [1.29, 1.82) is 0 Å². The van der Waals surface area contributed by atoms with Crippen LogP contribution in [0.25, 0.3) is 0 Å². The van der Waals surface area contributed by atoms with Gasteiger partial charge in [-0.2, -0.15) is 18.3 Å². The van der Waals surface area contributed by atoms with Crippen molar-refractivity contribution in [1.82, 2.24) is 0 Å². The number of rotatable bonds is 5. The Balaban J connectivity index is 0. The molecule has 0 saturated carbocycles. The van der Waals surface area contributed by atoms with Crippen molar-refractivity contribution in [3.63, 3.8) is 0 Å². The Hall–Kier alpha value is -0.450. The fourth-order valence-electron chi connectivity index (χ4n) is 0.529. The Morgan fingerprint density at radius 2 is 2.00 bits per heavy atom. The molecule has 0 heterocycles. The van der Waals surface area contributed by atoms with Gasteiger partial charge in [0.05, 0.1) is 12.4 Å². The van der Waals surface area contributed by atoms with Crippen molar-refractivity contribution in [2.24, 2.45) is 0 Å². The maximum atomic E-state index is 10.7. The van der Waals surface area contributed by atoms with Crippen LogP contribution >= 0.6 is 9.90 Å². The van der Waals surface area contributed by atoms with Gasteiger partial charge in [0.2, 0.25) is 0 Å². The van der Waals surface area contributed by atoms with Crippen LogP contribution in [0.5, 0.6) is 0 Å². The molecule has 1 N–H and O–H groups in total. The molecule has 84 valence electrons. The Labute approximate surface area is 86.9 Å². The summed E-state index contributed by atoms with van der Waals surface area (Å²) < 4.78 is 33.3. The normalized spacial score (nSPS) is 10.1. The van der Waals surface area contributed by atoms with E-state index in [1.165, 1.54) is 6.92 Å². The van der Waals surface area contributed by atoms with Crippen LogP contribution in [0.4, 0.5) is 0 Å². The van der Waals surface area contributed by atoms with Crippen LogP contribution in [0.15, 0.2) is 12.2 Å². The lowest BCUT2D eigenvalue weighted by Crippen LogP contribution is -2.11. The van der Waals surface area contributed by atoms with Crippen LogP contribution < -0.4 is 0 Å². The number of hydrogen-bond acceptors (Lipinski definition) is 4. The van der Waals surface area contributed by atoms with E-state index in [-0.39, 0.29) is 28.5 Å². The molecular weight excluding hydrogens is 227 g/mol. The molecule has 0 aliphatic rings. The minimum Gasteiger partial charge on any atom is -0.462 e. The first kappa shape index (κ1) is 16.0. The first-order chi connectivity index (χ1) is 5.83. The lowest BCUT2D eigenvalue weighted by molar-refractivity contribution is -0.138. The van der Waals surface area contributed by atoms with Crippen molar-refractivity contribution in [2.45, 2.75) is 13.3 Å². The van der Waals surface area contributed by atoms with Crippen LogP contribution in [-0.2, 0) is 19.6 Å². The highest BCUT2D eigenvalue weighted by molar-refractivity contribution is 7.85. The van der Waals surface area contributed by atoms with Crippen LogP contribution in [0, 0.1) is 0 Å². The van der Waals surface area contributed by atoms with Gasteiger partial charge in [0.1, 0.15) is 0 Å². The highest BCUT2D eigenvalue weighted by Gasteiger charge is 2.06. The van der Waals surface area contributed by atoms with Gasteiger partial charge >= 0.3 is 5.97 Å². The predicted molar refractivity (Wildman–Crippen MR) is 57.9 cm³/mol. The second-order valence-corrected chi connectivity index (χ2v) is 4.13. The third-order valence-corrected chi connectivity index (χ3v) is 1.93. The molecule has 5 nitrogen and oxygen atoms in total. The molecule has 14 heavy (non-hydrogen) atoms. The summed E-state index contributed by atoms with van der Waals surface area (Å²) in [6.07, 6.45) is 0.0812. The zero-order chi connectivity index (χ0) is 10.5. The molecule has 7 heteroatoms. The average molecular weight is 242 g/mol. The van der Waals surface area contributed by atoms with E-state index >= 15 is 0 Å². The van der Waals surface area contributed by atoms with E-state index in [4.69, 9.17) is 4.55 Å². The molecule has 0 fully saturated rings. The fraction of sp³-hybridized carbons (Fsp3) is 0.571. The van der Waals surface area contributed by atoms with Crippen molar-refractivity contribution >= 4 is 26.0 Å². The zero-order valence-corrected chi connectivity index (χ0v) is 10.3. The van der Waals surface area contributed by atoms with Gasteiger partial charge in [-0.05, 0) is 13.3 Å². The molecule has 0 aromatic heterocycles. The standard InChI is InChI=1S/C7H12O5S.H3P/c1-6(2)7(8)12-4-3-5-13(9,10)11;/h1,3-5H2,2H3,(H,9,10,11);1H3. The summed E-state index contributed by atoms with van der Waals surface area (Å²) >= 11 is 0. The van der Waals surface area contributed by atoms with Crippen molar-refractivity contribution in [2.75, 3.05) is 12.4 Å². The van der Waals surface area contributed by atoms with E-state index in [2.05, 4.69) is 11.3 Å². The minimum atomic E-state index is -3.96. The largest absolute Gasteiger partial charge is 0.462 e. The summed E-state index contributed by atoms with van der Waals surface area (Å²) in [6, 6.07) is 0. The summed E-state index contributed by atoms with van der Waals surface area (Å²) in [5.41, 5.74) is 0.256. The van der Waals surface area contributed by atoms with Crippen molar-refractivity contribution < 1.29 is 22.5 Å². The molecule has 0 saturated heterocycles. The minimum absolute atomic E-state index is 0. The van der Waals surface area contributed by atoms with Crippen LogP contribution in [0.2, 0.25) is 0 Å². The van der Waals surface area contributed by atoms with Gasteiger partial charge in [0.15, 0.2) is 0 Å². The molecule has 0 aromatic carbocycles. The number of carbonyl (C=O) groups is 1. The van der Waals surface area contributed by atoms with Gasteiger partial charge in [-0.25, -0.2) is 4.79 Å². The van der Waals surface area contributed by atoms with Crippen molar-refractivity contribution in [3.05, 3.63) is 12.2 Å². The number of ether oxygens (including phenoxy) is 1. The third-order valence-electron chi connectivity index (χ3n) is 1.13. The van der Waals surface area contributed by atoms with E-state index in [0.717, 1.165) is 0 Å². The van der Waals surface area contributed by atoms with Crippen LogP contribution in [-0.4, -0.2) is 31.3 Å². The van der Waals surface area contributed by atoms with E-state index in [9.17, 15) is 13.2 Å². The first-order valence-electron chi connectivity index (χ1n) is 3.61. The van der Waals surface area contributed by atoms with Gasteiger partial charge in [-0.1, -0.05) is 6.58 Å². The second-order valence-electron chi connectivity index (χ2n) is 2.56. The molecule has 0 aromatic rings. The third kappa shape index (κ3) is 9.64. The monoisotopic (exact) mass is 242 g/mol. The molecule has 0 bridgehead atoms. The summed E-state index contributed by atoms with van der Waals surface area (Å²) in [6.45, 7) is 4.80. The first-order valence-corrected chi connectivity index (χ1v) is 5.21. The Bertz CT molecular complexity index is 295. The highest BCUT2D eigenvalue weighted by atomic mass is 32.2. The van der Waals surface area contributed by atoms with Gasteiger partial charge in [-0.3, -0.25) is 4.55 Å². The maximum absolute atomic E-state index is 10.7. The van der Waals surface area contributed by atoms with E-state index in [0.29, 0.717) is 0 Å². The van der Waals surface area contributed by atoms with Gasteiger partial charge in [0, 0.05) is 5.57 Å². The van der Waals surface area contributed by atoms with Crippen LogP contribution in [0.3, 0.4) is 0 Å². The predicted octanol–water partition coefficient (Wildman–Crippen LogP) is 0.442. The molecule has 0 amide bonds. The van der Waals surface area contributed by atoms with E-state index < -0.39 is 21.8 Å². The Morgan fingerprint density at radius 1 is 1.50 bits per heavy atom.